The molecule has 0 aromatic rings. The summed E-state index contributed by atoms with van der Waals surface area (Å²) in [5.74, 6) is 0. The Labute approximate surface area is 47.6 Å². The Morgan fingerprint density at radius 1 is 1.75 bits per heavy atom. The van der Waals surface area contributed by atoms with Crippen molar-refractivity contribution >= 4 is 6.47 Å². The first-order valence-corrected chi connectivity index (χ1v) is 0.428. The van der Waals surface area contributed by atoms with E-state index in [1.807, 2.05) is 0 Å². The number of rotatable bonds is 0. The summed E-state index contributed by atoms with van der Waals surface area (Å²) in [5.41, 5.74) is 0. The molecule has 0 rings (SSSR count). The number of hydrogen-bond donors (Lipinski definition) is 1. The minimum atomic E-state index is 0. The summed E-state index contributed by atoms with van der Waals surface area (Å²) in [6, 6.07) is 0. The van der Waals surface area contributed by atoms with Gasteiger partial charge in [0.1, 0.15) is 0 Å². The Morgan fingerprint density at radius 3 is 1.75 bits per heavy atom. The van der Waals surface area contributed by atoms with E-state index in [2.05, 4.69) is 0 Å². The van der Waals surface area contributed by atoms with E-state index in [-0.39, 0.29) is 31.1 Å². The molecule has 1 N–H and O–H groups in total. The predicted molar refractivity (Wildman–Crippen MR) is 8.32 cm³/mol. The van der Waals surface area contributed by atoms with E-state index in [0.717, 1.165) is 0 Å². The van der Waals surface area contributed by atoms with Gasteiger partial charge in [-0.15, -0.1) is 0 Å². The molecule has 0 atom stereocenters. The summed E-state index contributed by atoms with van der Waals surface area (Å²) in [7, 11) is 0. The van der Waals surface area contributed by atoms with E-state index in [4.69, 9.17) is 9.90 Å². The molecule has 0 heterocycles. The van der Waals surface area contributed by atoms with Crippen LogP contribution in [0.25, 0.3) is 0 Å². The molecule has 3 heteroatoms. The molecule has 0 aromatic carbocycles. The van der Waals surface area contributed by atoms with Crippen molar-refractivity contribution in [2.24, 2.45) is 0 Å². The van der Waals surface area contributed by atoms with Crippen LogP contribution in [0.3, 0.4) is 0 Å². The minimum absolute atomic E-state index is 0. The Balaban J connectivity index is 0. The van der Waals surface area contributed by atoms with E-state index in [0.29, 0.717) is 6.47 Å². The molecule has 4 heavy (non-hydrogen) atoms. The maximum atomic E-state index is 8.24. The van der Waals surface area contributed by atoms with Crippen molar-refractivity contribution in [3.05, 3.63) is 0 Å². The molecule has 0 aliphatic heterocycles. The van der Waals surface area contributed by atoms with Crippen molar-refractivity contribution < 1.29 is 41.0 Å². The van der Waals surface area contributed by atoms with Crippen molar-refractivity contribution in [1.82, 2.24) is 0 Å². The molecule has 0 radical (unpaired) electrons. The zero-order chi connectivity index (χ0) is 2.71. The molecule has 0 amide bonds. The molecule has 0 aliphatic carbocycles. The summed E-state index contributed by atoms with van der Waals surface area (Å²) in [4.78, 5) is 8.24. The molecule has 0 bridgehead atoms. The molecular weight excluding hydrogens is 282 g/mol. The van der Waals surface area contributed by atoms with Crippen LogP contribution in [-0.2, 0) is 4.79 Å². The average molecular weight is 283 g/mol. The van der Waals surface area contributed by atoms with E-state index in [1.165, 1.54) is 0 Å². The van der Waals surface area contributed by atoms with Gasteiger partial charge in [-0.05, 0) is 0 Å². The third kappa shape index (κ3) is 21.4. The van der Waals surface area contributed by atoms with Gasteiger partial charge in [-0.25, -0.2) is 0 Å². The van der Waals surface area contributed by atoms with Crippen molar-refractivity contribution in [2.75, 3.05) is 0 Å². The van der Waals surface area contributed by atoms with Gasteiger partial charge in [0.2, 0.25) is 0 Å². The average Bonchev–Trinajstić information content (AvgIpc) is 0.918. The van der Waals surface area contributed by atoms with Gasteiger partial charge < -0.3 is 9.90 Å². The zero-order valence-electron chi connectivity index (χ0n) is 1.86. The smallest absolute Gasteiger partial charge is 0 e. The predicted octanol–water partition coefficient (Wildman–Crippen LogP) is -0.388. The Kier molecular flexibility index (Phi) is 21.3. The van der Waals surface area contributed by atoms with Gasteiger partial charge in [0.15, 0.2) is 0 Å². The Morgan fingerprint density at radius 2 is 1.75 bits per heavy atom. The van der Waals surface area contributed by atoms with Crippen LogP contribution in [0.2, 0.25) is 0 Å². The quantitative estimate of drug-likeness (QED) is 0.615. The van der Waals surface area contributed by atoms with Crippen LogP contribution in [-0.4, -0.2) is 11.6 Å². The van der Waals surface area contributed by atoms with Crippen molar-refractivity contribution in [3.63, 3.8) is 0 Å². The van der Waals surface area contributed by atoms with Gasteiger partial charge in [0.05, 0.1) is 0 Å². The molecule has 0 aromatic heterocycles. The summed E-state index contributed by atoms with van der Waals surface area (Å²) < 4.78 is 0. The maximum Gasteiger partial charge on any atom is 0 e. The van der Waals surface area contributed by atoms with E-state index in [1.54, 1.807) is 0 Å². The zero-order valence-corrected chi connectivity index (χ0v) is 6.02. The van der Waals surface area contributed by atoms with E-state index in [9.17, 15) is 0 Å². The fraction of sp³-hybridized carbons (Fsp3) is 0. The Bertz CT molecular complexity index is 13.5. The van der Waals surface area contributed by atoms with Crippen LogP contribution in [0, 0.1) is 31.1 Å². The fourth-order valence-electron chi connectivity index (χ4n) is 0. The monoisotopic (exact) mass is 283 g/mol. The first kappa shape index (κ1) is 8.82. The molecular formula is CHO2U-. The van der Waals surface area contributed by atoms with E-state index >= 15 is 0 Å². The second kappa shape index (κ2) is 9.67. The molecule has 0 unspecified atom stereocenters. The minimum Gasteiger partial charge on any atom is -0.665 e. The van der Waals surface area contributed by atoms with Gasteiger partial charge in [-0.2, -0.15) is 0 Å². The first-order chi connectivity index (χ1) is 1.41. The molecule has 0 fully saturated rings. The molecule has 0 saturated carbocycles. The first-order valence-electron chi connectivity index (χ1n) is 0.428. The van der Waals surface area contributed by atoms with Gasteiger partial charge >= 0.3 is 0 Å². The van der Waals surface area contributed by atoms with Gasteiger partial charge in [-0.3, -0.25) is 0 Å². The molecule has 0 spiro atoms. The van der Waals surface area contributed by atoms with Crippen molar-refractivity contribution in [3.8, 4) is 0 Å². The third-order valence-corrected chi connectivity index (χ3v) is 0. The van der Waals surface area contributed by atoms with Crippen LogP contribution in [0.4, 0.5) is 0 Å². The summed E-state index contributed by atoms with van der Waals surface area (Å²) >= 11 is 0. The summed E-state index contributed by atoms with van der Waals surface area (Å²) in [5, 5.41) is 6.76. The van der Waals surface area contributed by atoms with Crippen LogP contribution >= 0.6 is 0 Å². The Hall–Kier alpha value is 0.522. The topological polar surface area (TPSA) is 37.3 Å². The number of hydrogen-bond acceptors (Lipinski definition) is 1. The maximum absolute atomic E-state index is 8.24. The number of aliphatic hydroxyl groups excluding tert-OH is 1. The second-order valence-corrected chi connectivity index (χ2v) is 0.0913. The SMILES string of the molecule is O=[C-]O.[U]. The molecule has 0 aliphatic rings. The van der Waals surface area contributed by atoms with Crippen LogP contribution in [0.15, 0.2) is 0 Å². The second-order valence-electron chi connectivity index (χ2n) is 0.0913. The van der Waals surface area contributed by atoms with Crippen LogP contribution < -0.4 is 0 Å². The normalized spacial score (nSPS) is 3.00. The molecule has 2 nitrogen and oxygen atoms in total. The van der Waals surface area contributed by atoms with Crippen LogP contribution in [0.1, 0.15) is 0 Å². The van der Waals surface area contributed by atoms with Gasteiger partial charge in [-0.1, -0.05) is 6.47 Å². The fourth-order valence-corrected chi connectivity index (χ4v) is 0. The summed E-state index contributed by atoms with van der Waals surface area (Å²) in [6.07, 6.45) is 0. The molecule has 0 saturated heterocycles. The van der Waals surface area contributed by atoms with E-state index < -0.39 is 0 Å². The standard InChI is InChI=1S/CHO2.U/c2-1-3;/h(H,2,3);/q-1;. The molecule has 22 valence electrons. The largest absolute Gasteiger partial charge is 0.665 e. The van der Waals surface area contributed by atoms with Gasteiger partial charge in [0, 0.05) is 31.1 Å². The van der Waals surface area contributed by atoms with Crippen molar-refractivity contribution in [2.45, 2.75) is 0 Å². The van der Waals surface area contributed by atoms with Crippen LogP contribution in [0.5, 0.6) is 0 Å². The van der Waals surface area contributed by atoms with Crippen molar-refractivity contribution in [1.29, 1.82) is 0 Å². The third-order valence-electron chi connectivity index (χ3n) is 0. The van der Waals surface area contributed by atoms with Gasteiger partial charge in [0.25, 0.3) is 0 Å². The summed E-state index contributed by atoms with van der Waals surface area (Å²) in [6.45, 7) is 0.500.